The zero-order chi connectivity index (χ0) is 12.7. The molecule has 0 amide bonds. The molecule has 0 aromatic carbocycles. The van der Waals surface area contributed by atoms with E-state index in [4.69, 9.17) is 0 Å². The van der Waals surface area contributed by atoms with Gasteiger partial charge in [0.1, 0.15) is 0 Å². The van der Waals surface area contributed by atoms with Gasteiger partial charge in [0.15, 0.2) is 6.20 Å². The van der Waals surface area contributed by atoms with E-state index in [0.29, 0.717) is 0 Å². The number of hydrogen-bond acceptors (Lipinski definition) is 4. The second-order valence-corrected chi connectivity index (χ2v) is 3.68. The fourth-order valence-electron chi connectivity index (χ4n) is 1.83. The van der Waals surface area contributed by atoms with Crippen molar-refractivity contribution in [2.45, 2.75) is 33.1 Å². The Bertz CT molecular complexity index is 345. The van der Waals surface area contributed by atoms with Crippen LogP contribution in [-0.4, -0.2) is 23.0 Å². The lowest BCUT2D eigenvalue weighted by Crippen LogP contribution is -2.29. The molecule has 5 heteroatoms. The number of piperidine rings is 1. The van der Waals surface area contributed by atoms with Crippen LogP contribution in [0.15, 0.2) is 18.3 Å². The Kier molecular flexibility index (Phi) is 5.39. The predicted octanol–water partition coefficient (Wildman–Crippen LogP) is 3.01. The molecule has 1 aromatic rings. The Morgan fingerprint density at radius 2 is 1.88 bits per heavy atom. The average molecular weight is 237 g/mol. The summed E-state index contributed by atoms with van der Waals surface area (Å²) in [6, 6.07) is 3.24. The summed E-state index contributed by atoms with van der Waals surface area (Å²) in [5.41, 5.74) is 0.986. The predicted molar refractivity (Wildman–Crippen MR) is 68.3 cm³/mol. The Morgan fingerprint density at radius 1 is 1.24 bits per heavy atom. The monoisotopic (exact) mass is 237 g/mol. The van der Waals surface area contributed by atoms with Crippen molar-refractivity contribution in [2.75, 3.05) is 18.0 Å². The summed E-state index contributed by atoms with van der Waals surface area (Å²) in [7, 11) is 0. The smallest absolute Gasteiger partial charge is 0.363 e. The Hall–Kier alpha value is -1.65. The van der Waals surface area contributed by atoms with Gasteiger partial charge in [-0.3, -0.25) is 0 Å². The minimum absolute atomic E-state index is 0.0873. The van der Waals surface area contributed by atoms with Crippen molar-refractivity contribution >= 4 is 11.5 Å². The zero-order valence-electron chi connectivity index (χ0n) is 10.4. The highest BCUT2D eigenvalue weighted by molar-refractivity contribution is 5.46. The number of aromatic nitrogens is 1. The van der Waals surface area contributed by atoms with Crippen LogP contribution in [0.4, 0.5) is 11.5 Å². The van der Waals surface area contributed by atoms with Crippen LogP contribution in [-0.2, 0) is 0 Å². The Labute approximate surface area is 102 Å². The fraction of sp³-hybridized carbons (Fsp3) is 0.583. The van der Waals surface area contributed by atoms with Gasteiger partial charge in [-0.05, 0) is 35.2 Å². The molecule has 17 heavy (non-hydrogen) atoms. The number of rotatable bonds is 2. The molecule has 94 valence electrons. The molecule has 1 aromatic heterocycles. The summed E-state index contributed by atoms with van der Waals surface area (Å²) in [6.45, 7) is 6.05. The largest absolute Gasteiger partial charge is 0.368 e. The van der Waals surface area contributed by atoms with Crippen LogP contribution in [0.25, 0.3) is 0 Å². The molecule has 0 radical (unpaired) electrons. The molecule has 0 unspecified atom stereocenters. The van der Waals surface area contributed by atoms with E-state index in [0.717, 1.165) is 18.8 Å². The second-order valence-electron chi connectivity index (χ2n) is 3.68. The first kappa shape index (κ1) is 13.4. The SMILES string of the molecule is CC.O=[N+]([O-])c1ccc(N2CCCCC2)cn1. The number of pyridine rings is 1. The maximum Gasteiger partial charge on any atom is 0.363 e. The third-order valence-electron chi connectivity index (χ3n) is 2.64. The lowest BCUT2D eigenvalue weighted by Gasteiger charge is -2.27. The van der Waals surface area contributed by atoms with Gasteiger partial charge in [-0.2, -0.15) is 0 Å². The summed E-state index contributed by atoms with van der Waals surface area (Å²) in [5, 5.41) is 10.4. The molecule has 1 saturated heterocycles. The van der Waals surface area contributed by atoms with E-state index in [1.807, 2.05) is 13.8 Å². The normalized spacial score (nSPS) is 14.8. The minimum atomic E-state index is -0.472. The quantitative estimate of drug-likeness (QED) is 0.586. The Balaban J connectivity index is 0.000000686. The second kappa shape index (κ2) is 6.83. The van der Waals surface area contributed by atoms with Gasteiger partial charge < -0.3 is 15.0 Å². The molecule has 1 aliphatic heterocycles. The number of hydrogen-bond donors (Lipinski definition) is 0. The highest BCUT2D eigenvalue weighted by Gasteiger charge is 2.13. The van der Waals surface area contributed by atoms with Crippen LogP contribution in [0.5, 0.6) is 0 Å². The van der Waals surface area contributed by atoms with E-state index in [1.165, 1.54) is 25.3 Å². The van der Waals surface area contributed by atoms with Gasteiger partial charge in [0.2, 0.25) is 0 Å². The van der Waals surface area contributed by atoms with E-state index in [9.17, 15) is 10.1 Å². The lowest BCUT2D eigenvalue weighted by atomic mass is 10.1. The van der Waals surface area contributed by atoms with Crippen LogP contribution < -0.4 is 4.90 Å². The third kappa shape index (κ3) is 3.69. The van der Waals surface area contributed by atoms with Crippen molar-refractivity contribution in [1.82, 2.24) is 4.98 Å². The summed E-state index contributed by atoms with van der Waals surface area (Å²) < 4.78 is 0. The lowest BCUT2D eigenvalue weighted by molar-refractivity contribution is -0.389. The topological polar surface area (TPSA) is 59.3 Å². The molecule has 2 rings (SSSR count). The van der Waals surface area contributed by atoms with Crippen LogP contribution >= 0.6 is 0 Å². The summed E-state index contributed by atoms with van der Waals surface area (Å²) in [5.74, 6) is -0.0873. The third-order valence-corrected chi connectivity index (χ3v) is 2.64. The molecule has 1 fully saturated rings. The van der Waals surface area contributed by atoms with Crippen molar-refractivity contribution < 1.29 is 4.92 Å². The highest BCUT2D eigenvalue weighted by Crippen LogP contribution is 2.20. The maximum atomic E-state index is 10.4. The van der Waals surface area contributed by atoms with E-state index in [2.05, 4.69) is 9.88 Å². The number of nitro groups is 1. The molecule has 5 nitrogen and oxygen atoms in total. The number of anilines is 1. The van der Waals surface area contributed by atoms with Crippen LogP contribution in [0.2, 0.25) is 0 Å². The molecule has 0 saturated carbocycles. The van der Waals surface area contributed by atoms with Crippen molar-refractivity contribution in [3.63, 3.8) is 0 Å². The van der Waals surface area contributed by atoms with E-state index in [-0.39, 0.29) is 5.82 Å². The van der Waals surface area contributed by atoms with Gasteiger partial charge in [-0.1, -0.05) is 13.8 Å². The molecule has 0 aliphatic carbocycles. The first-order valence-corrected chi connectivity index (χ1v) is 6.13. The summed E-state index contributed by atoms with van der Waals surface area (Å²) in [4.78, 5) is 16.0. The summed E-state index contributed by atoms with van der Waals surface area (Å²) in [6.07, 6.45) is 5.24. The van der Waals surface area contributed by atoms with Gasteiger partial charge in [0.25, 0.3) is 0 Å². The van der Waals surface area contributed by atoms with Gasteiger partial charge in [-0.15, -0.1) is 0 Å². The summed E-state index contributed by atoms with van der Waals surface area (Å²) >= 11 is 0. The van der Waals surface area contributed by atoms with Crippen molar-refractivity contribution in [3.8, 4) is 0 Å². The van der Waals surface area contributed by atoms with Crippen LogP contribution in [0, 0.1) is 10.1 Å². The molecule has 0 bridgehead atoms. The number of nitrogens with zero attached hydrogens (tertiary/aromatic N) is 3. The van der Waals surface area contributed by atoms with Crippen LogP contribution in [0.1, 0.15) is 33.1 Å². The van der Waals surface area contributed by atoms with E-state index in [1.54, 1.807) is 12.3 Å². The minimum Gasteiger partial charge on any atom is -0.368 e. The average Bonchev–Trinajstić information content (AvgIpc) is 2.42. The first-order chi connectivity index (χ1) is 8.27. The molecular weight excluding hydrogens is 218 g/mol. The molecule has 0 atom stereocenters. The van der Waals surface area contributed by atoms with Crippen molar-refractivity contribution in [2.24, 2.45) is 0 Å². The van der Waals surface area contributed by atoms with Gasteiger partial charge in [0.05, 0.1) is 5.69 Å². The van der Waals surface area contributed by atoms with Gasteiger partial charge in [0, 0.05) is 19.2 Å². The van der Waals surface area contributed by atoms with Crippen LogP contribution in [0.3, 0.4) is 0 Å². The Morgan fingerprint density at radius 3 is 2.35 bits per heavy atom. The molecule has 2 heterocycles. The molecule has 1 aliphatic rings. The van der Waals surface area contributed by atoms with E-state index >= 15 is 0 Å². The standard InChI is InChI=1S/C10H13N3O2.C2H6/c14-13(15)10-5-4-9(8-11-10)12-6-2-1-3-7-12;1-2/h4-5,8H,1-3,6-7H2;1-2H3. The van der Waals surface area contributed by atoms with Gasteiger partial charge in [-0.25, -0.2) is 0 Å². The fourth-order valence-corrected chi connectivity index (χ4v) is 1.83. The maximum absolute atomic E-state index is 10.4. The zero-order valence-corrected chi connectivity index (χ0v) is 10.4. The highest BCUT2D eigenvalue weighted by atomic mass is 16.6. The molecule has 0 N–H and O–H groups in total. The van der Waals surface area contributed by atoms with Crippen molar-refractivity contribution in [1.29, 1.82) is 0 Å². The van der Waals surface area contributed by atoms with Crippen molar-refractivity contribution in [3.05, 3.63) is 28.4 Å². The molecular formula is C12H19N3O2. The first-order valence-electron chi connectivity index (χ1n) is 6.13. The van der Waals surface area contributed by atoms with Gasteiger partial charge >= 0.3 is 5.82 Å². The molecule has 0 spiro atoms. The van der Waals surface area contributed by atoms with E-state index < -0.39 is 4.92 Å².